The van der Waals surface area contributed by atoms with Gasteiger partial charge in [0, 0.05) is 23.7 Å². The molecule has 0 spiro atoms. The van der Waals surface area contributed by atoms with Crippen LogP contribution < -0.4 is 19.1 Å². The highest BCUT2D eigenvalue weighted by molar-refractivity contribution is 7.92. The van der Waals surface area contributed by atoms with Crippen molar-refractivity contribution in [1.29, 1.82) is 0 Å². The molecular weight excluding hydrogens is 573 g/mol. The van der Waals surface area contributed by atoms with E-state index in [9.17, 15) is 22.4 Å². The number of hydrogen-bond donors (Lipinski definition) is 1. The predicted molar refractivity (Wildman–Crippen MR) is 155 cm³/mol. The summed E-state index contributed by atoms with van der Waals surface area (Å²) in [7, 11) is -1.53. The lowest BCUT2D eigenvalue weighted by Gasteiger charge is -2.32. The molecular formula is C29H33ClFN3O6S. The average molecular weight is 606 g/mol. The molecule has 1 N–H and O–H groups in total. The molecule has 0 aromatic heterocycles. The van der Waals surface area contributed by atoms with Gasteiger partial charge < -0.3 is 19.7 Å². The number of nitrogens with zero attached hydrogens (tertiary/aromatic N) is 2. The first-order valence-corrected chi connectivity index (χ1v) is 14.5. The number of methoxy groups -OCH3 is 2. The van der Waals surface area contributed by atoms with Crippen LogP contribution >= 0.6 is 11.6 Å². The maximum atomic E-state index is 14.0. The van der Waals surface area contributed by atoms with Crippen molar-refractivity contribution in [2.75, 3.05) is 25.1 Å². The number of halogens is 2. The van der Waals surface area contributed by atoms with E-state index >= 15 is 0 Å². The lowest BCUT2D eigenvalue weighted by Crippen LogP contribution is -2.52. The number of sulfonamides is 1. The SMILES string of the molecule is COc1ccc(S(=O)(=O)N(CC(=O)N(Cc2ccc(F)cc2)[C@H](C)C(=O)NC(C)C)c2ccc(Cl)cc2)cc1OC. The van der Waals surface area contributed by atoms with E-state index < -0.39 is 40.2 Å². The number of carbonyl (C=O) groups excluding carboxylic acids is 2. The van der Waals surface area contributed by atoms with Gasteiger partial charge in [0.05, 0.1) is 24.8 Å². The average Bonchev–Trinajstić information content (AvgIpc) is 2.94. The normalized spacial score (nSPS) is 12.0. The molecule has 3 aromatic carbocycles. The Morgan fingerprint density at radius 1 is 0.927 bits per heavy atom. The molecule has 3 rings (SSSR count). The van der Waals surface area contributed by atoms with E-state index in [1.54, 1.807) is 20.8 Å². The van der Waals surface area contributed by atoms with Gasteiger partial charge in [0.25, 0.3) is 10.0 Å². The van der Waals surface area contributed by atoms with Crippen LogP contribution in [-0.4, -0.2) is 58.0 Å². The van der Waals surface area contributed by atoms with Gasteiger partial charge in [0.2, 0.25) is 11.8 Å². The smallest absolute Gasteiger partial charge is 0.264 e. The summed E-state index contributed by atoms with van der Waals surface area (Å²) in [4.78, 5) is 28.0. The zero-order chi connectivity index (χ0) is 30.3. The monoisotopic (exact) mass is 605 g/mol. The fourth-order valence-electron chi connectivity index (χ4n) is 4.01. The Morgan fingerprint density at radius 3 is 2.10 bits per heavy atom. The molecule has 3 aromatic rings. The molecule has 0 fully saturated rings. The van der Waals surface area contributed by atoms with Crippen LogP contribution in [0.1, 0.15) is 26.3 Å². The molecule has 0 saturated heterocycles. The Hall–Kier alpha value is -3.83. The molecule has 2 amide bonds. The molecule has 0 aliphatic rings. The van der Waals surface area contributed by atoms with Crippen molar-refractivity contribution < 1.29 is 31.9 Å². The molecule has 0 aliphatic heterocycles. The highest BCUT2D eigenvalue weighted by atomic mass is 35.5. The lowest BCUT2D eigenvalue weighted by molar-refractivity contribution is -0.139. The van der Waals surface area contributed by atoms with E-state index in [1.165, 1.54) is 85.8 Å². The van der Waals surface area contributed by atoms with E-state index in [-0.39, 0.29) is 28.9 Å². The third-order valence-corrected chi connectivity index (χ3v) is 8.22. The summed E-state index contributed by atoms with van der Waals surface area (Å²) in [6.45, 7) is 4.42. The van der Waals surface area contributed by atoms with E-state index in [4.69, 9.17) is 21.1 Å². The van der Waals surface area contributed by atoms with Crippen LogP contribution in [0.2, 0.25) is 5.02 Å². The molecule has 0 radical (unpaired) electrons. The zero-order valence-electron chi connectivity index (χ0n) is 23.4. The van der Waals surface area contributed by atoms with Crippen molar-refractivity contribution in [2.24, 2.45) is 0 Å². The van der Waals surface area contributed by atoms with Crippen molar-refractivity contribution in [2.45, 2.75) is 44.3 Å². The molecule has 0 unspecified atom stereocenters. The van der Waals surface area contributed by atoms with Gasteiger partial charge in [-0.3, -0.25) is 13.9 Å². The highest BCUT2D eigenvalue weighted by Gasteiger charge is 2.33. The van der Waals surface area contributed by atoms with Gasteiger partial charge >= 0.3 is 0 Å². The number of hydrogen-bond acceptors (Lipinski definition) is 6. The van der Waals surface area contributed by atoms with Crippen LogP contribution in [0.15, 0.2) is 71.6 Å². The van der Waals surface area contributed by atoms with Gasteiger partial charge in [0.1, 0.15) is 18.4 Å². The van der Waals surface area contributed by atoms with E-state index in [0.717, 1.165) is 4.31 Å². The van der Waals surface area contributed by atoms with Crippen molar-refractivity contribution in [3.05, 3.63) is 83.1 Å². The minimum absolute atomic E-state index is 0.0589. The fraction of sp³-hybridized carbons (Fsp3) is 0.310. The molecule has 0 bridgehead atoms. The Morgan fingerprint density at radius 2 is 1.54 bits per heavy atom. The third-order valence-electron chi connectivity index (χ3n) is 6.20. The second-order valence-electron chi connectivity index (χ2n) is 9.49. The minimum Gasteiger partial charge on any atom is -0.493 e. The van der Waals surface area contributed by atoms with Gasteiger partial charge in [0.15, 0.2) is 11.5 Å². The topological polar surface area (TPSA) is 105 Å². The summed E-state index contributed by atoms with van der Waals surface area (Å²) in [5, 5.41) is 3.15. The zero-order valence-corrected chi connectivity index (χ0v) is 25.0. The summed E-state index contributed by atoms with van der Waals surface area (Å²) in [6.07, 6.45) is 0. The Kier molecular flexibility index (Phi) is 10.6. The second-order valence-corrected chi connectivity index (χ2v) is 11.8. The van der Waals surface area contributed by atoms with Crippen LogP contribution in [0, 0.1) is 5.82 Å². The molecule has 0 saturated carbocycles. The van der Waals surface area contributed by atoms with Gasteiger partial charge in [-0.15, -0.1) is 0 Å². The highest BCUT2D eigenvalue weighted by Crippen LogP contribution is 2.32. The molecule has 0 aliphatic carbocycles. The van der Waals surface area contributed by atoms with Gasteiger partial charge in [-0.1, -0.05) is 23.7 Å². The third kappa shape index (κ3) is 7.89. The maximum absolute atomic E-state index is 14.0. The number of ether oxygens (including phenoxy) is 2. The number of anilines is 1. The quantitative estimate of drug-likeness (QED) is 0.323. The first-order valence-electron chi connectivity index (χ1n) is 12.7. The number of carbonyl (C=O) groups is 2. The number of nitrogens with one attached hydrogen (secondary N) is 1. The number of benzene rings is 3. The van der Waals surface area contributed by atoms with Crippen LogP contribution in [0.3, 0.4) is 0 Å². The number of rotatable bonds is 12. The van der Waals surface area contributed by atoms with Crippen molar-refractivity contribution in [3.8, 4) is 11.5 Å². The van der Waals surface area contributed by atoms with E-state index in [1.807, 2.05) is 0 Å². The maximum Gasteiger partial charge on any atom is 0.264 e. The van der Waals surface area contributed by atoms with Gasteiger partial charge in [-0.25, -0.2) is 12.8 Å². The summed E-state index contributed by atoms with van der Waals surface area (Å²) >= 11 is 6.05. The van der Waals surface area contributed by atoms with Crippen LogP contribution in [0.5, 0.6) is 11.5 Å². The standard InChI is InChI=1S/C29H33ClFN3O6S/c1-19(2)32-29(36)20(3)33(17-21-6-10-23(31)11-7-21)28(35)18-34(24-12-8-22(30)9-13-24)41(37,38)25-14-15-26(39-4)27(16-25)40-5/h6-16,19-20H,17-18H2,1-5H3,(H,32,36)/t20-/m1/s1. The fourth-order valence-corrected chi connectivity index (χ4v) is 5.57. The number of amides is 2. The Labute approximate surface area is 244 Å². The second kappa shape index (κ2) is 13.7. The van der Waals surface area contributed by atoms with E-state index in [2.05, 4.69) is 5.32 Å². The van der Waals surface area contributed by atoms with Gasteiger partial charge in [-0.2, -0.15) is 0 Å². The minimum atomic E-state index is -4.34. The lowest BCUT2D eigenvalue weighted by atomic mass is 10.1. The van der Waals surface area contributed by atoms with E-state index in [0.29, 0.717) is 16.3 Å². The molecule has 1 atom stereocenters. The molecule has 220 valence electrons. The van der Waals surface area contributed by atoms with Crippen molar-refractivity contribution >= 4 is 39.1 Å². The molecule has 0 heterocycles. The Bertz CT molecular complexity index is 1470. The predicted octanol–water partition coefficient (Wildman–Crippen LogP) is 4.63. The molecule has 41 heavy (non-hydrogen) atoms. The van der Waals surface area contributed by atoms with Gasteiger partial charge in [-0.05, 0) is 74.9 Å². The van der Waals surface area contributed by atoms with Crippen LogP contribution in [-0.2, 0) is 26.2 Å². The first kappa shape index (κ1) is 31.7. The van der Waals surface area contributed by atoms with Crippen LogP contribution in [0.4, 0.5) is 10.1 Å². The first-order chi connectivity index (χ1) is 19.4. The summed E-state index contributed by atoms with van der Waals surface area (Å²) < 4.78 is 53.0. The summed E-state index contributed by atoms with van der Waals surface area (Å²) in [5.74, 6) is -1.01. The Balaban J connectivity index is 2.06. The molecule has 9 nitrogen and oxygen atoms in total. The largest absolute Gasteiger partial charge is 0.493 e. The van der Waals surface area contributed by atoms with Crippen molar-refractivity contribution in [1.82, 2.24) is 10.2 Å². The summed E-state index contributed by atoms with van der Waals surface area (Å²) in [5.41, 5.74) is 0.739. The molecule has 12 heteroatoms. The summed E-state index contributed by atoms with van der Waals surface area (Å²) in [6, 6.07) is 14.4. The van der Waals surface area contributed by atoms with Crippen molar-refractivity contribution in [3.63, 3.8) is 0 Å². The van der Waals surface area contributed by atoms with Crippen LogP contribution in [0.25, 0.3) is 0 Å².